The summed E-state index contributed by atoms with van der Waals surface area (Å²) in [5.41, 5.74) is 2.58. The molecule has 3 aromatic rings. The first-order chi connectivity index (χ1) is 13.1. The first-order valence-corrected chi connectivity index (χ1v) is 9.70. The molecule has 1 N–H and O–H groups in total. The molecule has 0 saturated carbocycles. The molecule has 0 radical (unpaired) electrons. The summed E-state index contributed by atoms with van der Waals surface area (Å²) in [6, 6.07) is 6.86. The van der Waals surface area contributed by atoms with Crippen LogP contribution >= 0.6 is 11.3 Å². The van der Waals surface area contributed by atoms with Crippen molar-refractivity contribution in [2.75, 3.05) is 26.2 Å². The number of amides is 1. The number of carbonyl (C=O) groups excluding carboxylic acids is 1. The largest absolute Gasteiger partial charge is 0.508 e. The van der Waals surface area contributed by atoms with E-state index in [1.54, 1.807) is 24.3 Å². The van der Waals surface area contributed by atoms with Crippen molar-refractivity contribution in [1.82, 2.24) is 24.6 Å². The molecule has 1 saturated heterocycles. The molecule has 27 heavy (non-hydrogen) atoms. The van der Waals surface area contributed by atoms with Crippen LogP contribution in [0.15, 0.2) is 42.0 Å². The summed E-state index contributed by atoms with van der Waals surface area (Å²) in [5.74, 6) is 0.202. The Labute approximate surface area is 161 Å². The van der Waals surface area contributed by atoms with Gasteiger partial charge in [0.15, 0.2) is 0 Å². The highest BCUT2D eigenvalue weighted by atomic mass is 32.1. The zero-order chi connectivity index (χ0) is 18.8. The molecule has 7 nitrogen and oxygen atoms in total. The number of aromatic nitrogens is 3. The maximum atomic E-state index is 12.8. The zero-order valence-electron chi connectivity index (χ0n) is 15.1. The Balaban J connectivity index is 1.36. The Morgan fingerprint density at radius 2 is 1.93 bits per heavy atom. The Bertz CT molecular complexity index is 926. The van der Waals surface area contributed by atoms with Gasteiger partial charge in [0.2, 0.25) is 0 Å². The van der Waals surface area contributed by atoms with E-state index in [0.717, 1.165) is 30.2 Å². The minimum absolute atomic E-state index is 0.0164. The summed E-state index contributed by atoms with van der Waals surface area (Å²) in [4.78, 5) is 21.5. The van der Waals surface area contributed by atoms with Crippen LogP contribution in [0, 0.1) is 0 Å². The predicted molar refractivity (Wildman–Crippen MR) is 104 cm³/mol. The summed E-state index contributed by atoms with van der Waals surface area (Å²) < 4.78 is 1.81. The Hall–Kier alpha value is -2.71. The third-order valence-electron chi connectivity index (χ3n) is 4.66. The molecule has 1 aliphatic rings. The van der Waals surface area contributed by atoms with Gasteiger partial charge in [0.25, 0.3) is 5.91 Å². The Morgan fingerprint density at radius 3 is 2.59 bits per heavy atom. The minimum atomic E-state index is -0.0164. The van der Waals surface area contributed by atoms with Gasteiger partial charge in [0.05, 0.1) is 6.20 Å². The smallest absolute Gasteiger partial charge is 0.273 e. The van der Waals surface area contributed by atoms with Gasteiger partial charge in [-0.05, 0) is 24.3 Å². The van der Waals surface area contributed by atoms with Gasteiger partial charge in [-0.15, -0.1) is 11.3 Å². The van der Waals surface area contributed by atoms with Crippen LogP contribution in [-0.4, -0.2) is 61.8 Å². The lowest BCUT2D eigenvalue weighted by molar-refractivity contribution is 0.0623. The van der Waals surface area contributed by atoms with Crippen molar-refractivity contribution < 1.29 is 9.90 Å². The second-order valence-corrected chi connectivity index (χ2v) is 7.53. The van der Waals surface area contributed by atoms with E-state index in [1.807, 2.05) is 34.4 Å². The van der Waals surface area contributed by atoms with Crippen LogP contribution in [0.5, 0.6) is 5.75 Å². The number of phenols is 1. The van der Waals surface area contributed by atoms with E-state index in [9.17, 15) is 9.90 Å². The van der Waals surface area contributed by atoms with E-state index in [-0.39, 0.29) is 11.7 Å². The highest BCUT2D eigenvalue weighted by Crippen LogP contribution is 2.26. The Kier molecular flexibility index (Phi) is 4.91. The summed E-state index contributed by atoms with van der Waals surface area (Å²) >= 11 is 1.45. The van der Waals surface area contributed by atoms with Gasteiger partial charge in [-0.2, -0.15) is 5.10 Å². The molecule has 3 heterocycles. The summed E-state index contributed by atoms with van der Waals surface area (Å²) in [7, 11) is 1.92. The van der Waals surface area contributed by atoms with E-state index in [0.29, 0.717) is 18.8 Å². The fourth-order valence-corrected chi connectivity index (χ4v) is 3.99. The van der Waals surface area contributed by atoms with Crippen molar-refractivity contribution in [1.29, 1.82) is 0 Å². The van der Waals surface area contributed by atoms with Crippen LogP contribution in [0.1, 0.15) is 16.1 Å². The maximum absolute atomic E-state index is 12.8. The third-order valence-corrected chi connectivity index (χ3v) is 5.55. The average molecular weight is 383 g/mol. The van der Waals surface area contributed by atoms with E-state index >= 15 is 0 Å². The van der Waals surface area contributed by atoms with Crippen LogP contribution in [0.3, 0.4) is 0 Å². The molecule has 1 amide bonds. The van der Waals surface area contributed by atoms with Crippen LogP contribution in [0.25, 0.3) is 10.6 Å². The lowest BCUT2D eigenvalue weighted by Crippen LogP contribution is -2.48. The van der Waals surface area contributed by atoms with E-state index in [4.69, 9.17) is 0 Å². The van der Waals surface area contributed by atoms with Gasteiger partial charge in [-0.25, -0.2) is 4.98 Å². The van der Waals surface area contributed by atoms with Crippen molar-refractivity contribution in [3.8, 4) is 16.3 Å². The van der Waals surface area contributed by atoms with Gasteiger partial charge in [-0.1, -0.05) is 0 Å². The first kappa shape index (κ1) is 17.7. The lowest BCUT2D eigenvalue weighted by atomic mass is 10.2. The highest BCUT2D eigenvalue weighted by Gasteiger charge is 2.24. The molecule has 0 unspecified atom stereocenters. The van der Waals surface area contributed by atoms with Crippen molar-refractivity contribution >= 4 is 17.2 Å². The van der Waals surface area contributed by atoms with E-state index in [2.05, 4.69) is 15.0 Å². The average Bonchev–Trinajstić information content (AvgIpc) is 3.32. The quantitative estimate of drug-likeness (QED) is 0.748. The number of carbonyl (C=O) groups is 1. The van der Waals surface area contributed by atoms with Crippen molar-refractivity contribution in [2.24, 2.45) is 7.05 Å². The van der Waals surface area contributed by atoms with Crippen molar-refractivity contribution in [3.05, 3.63) is 53.3 Å². The van der Waals surface area contributed by atoms with Crippen LogP contribution in [0.4, 0.5) is 0 Å². The number of piperazine rings is 1. The number of hydrogen-bond donors (Lipinski definition) is 1. The normalized spacial score (nSPS) is 15.2. The second-order valence-electron chi connectivity index (χ2n) is 6.68. The van der Waals surface area contributed by atoms with Gasteiger partial charge >= 0.3 is 0 Å². The first-order valence-electron chi connectivity index (χ1n) is 8.82. The van der Waals surface area contributed by atoms with Gasteiger partial charge in [0.1, 0.15) is 16.5 Å². The number of benzene rings is 1. The monoisotopic (exact) mass is 383 g/mol. The summed E-state index contributed by atoms with van der Waals surface area (Å²) in [5, 5.41) is 16.2. The fraction of sp³-hybridized carbons (Fsp3) is 0.316. The molecular formula is C19H21N5O2S. The van der Waals surface area contributed by atoms with E-state index in [1.165, 1.54) is 16.9 Å². The molecule has 0 aliphatic carbocycles. The number of rotatable bonds is 4. The number of aromatic hydroxyl groups is 1. The molecule has 4 rings (SSSR count). The number of aryl methyl sites for hydroxylation is 1. The number of thiazole rings is 1. The number of phenolic OH excluding ortho intramolecular Hbond substituents is 1. The van der Waals surface area contributed by atoms with Crippen LogP contribution in [0.2, 0.25) is 0 Å². The molecule has 2 aromatic heterocycles. The fourth-order valence-electron chi connectivity index (χ4n) is 3.19. The predicted octanol–water partition coefficient (Wildman–Crippen LogP) is 2.21. The molecule has 0 bridgehead atoms. The maximum Gasteiger partial charge on any atom is 0.273 e. The second kappa shape index (κ2) is 7.50. The lowest BCUT2D eigenvalue weighted by Gasteiger charge is -2.34. The highest BCUT2D eigenvalue weighted by molar-refractivity contribution is 7.13. The minimum Gasteiger partial charge on any atom is -0.508 e. The molecule has 8 heteroatoms. The molecule has 1 aliphatic heterocycles. The van der Waals surface area contributed by atoms with Gasteiger partial charge in [0, 0.05) is 62.5 Å². The van der Waals surface area contributed by atoms with Crippen LogP contribution in [-0.2, 0) is 13.6 Å². The van der Waals surface area contributed by atoms with Gasteiger partial charge in [-0.3, -0.25) is 14.4 Å². The number of hydrogen-bond acceptors (Lipinski definition) is 6. The van der Waals surface area contributed by atoms with Crippen LogP contribution < -0.4 is 0 Å². The molecule has 0 atom stereocenters. The Morgan fingerprint density at radius 1 is 1.19 bits per heavy atom. The summed E-state index contributed by atoms with van der Waals surface area (Å²) in [6.45, 7) is 3.94. The SMILES string of the molecule is Cn1cc(CN2CCN(C(=O)c3csc(-c4ccc(O)cc4)n3)CC2)cn1. The molecule has 1 aromatic carbocycles. The standard InChI is InChI=1S/C19H21N5O2S/c1-22-11-14(10-20-22)12-23-6-8-24(9-7-23)19(26)17-13-27-18(21-17)15-2-4-16(25)5-3-15/h2-5,10-11,13,25H,6-9,12H2,1H3. The molecule has 140 valence electrons. The molecule has 0 spiro atoms. The zero-order valence-corrected chi connectivity index (χ0v) is 15.9. The van der Waals surface area contributed by atoms with E-state index < -0.39 is 0 Å². The summed E-state index contributed by atoms with van der Waals surface area (Å²) in [6.07, 6.45) is 3.91. The molecule has 1 fully saturated rings. The third kappa shape index (κ3) is 4.01. The van der Waals surface area contributed by atoms with Crippen molar-refractivity contribution in [3.63, 3.8) is 0 Å². The topological polar surface area (TPSA) is 74.5 Å². The molecular weight excluding hydrogens is 362 g/mol. The van der Waals surface area contributed by atoms with Crippen molar-refractivity contribution in [2.45, 2.75) is 6.54 Å². The number of nitrogens with zero attached hydrogens (tertiary/aromatic N) is 5. The van der Waals surface area contributed by atoms with Gasteiger partial charge < -0.3 is 10.0 Å².